The number of amidine groups is 1. The average molecular weight is 494 g/mol. The van der Waals surface area contributed by atoms with E-state index >= 15 is 0 Å². The maximum absolute atomic E-state index is 11.8. The van der Waals surface area contributed by atoms with Gasteiger partial charge in [-0.3, -0.25) is 4.98 Å². The first-order chi connectivity index (χ1) is 15.9. The molecular weight excluding hydrogens is 467 g/mol. The molecule has 1 atom stereocenters. The van der Waals surface area contributed by atoms with Crippen LogP contribution in [0.3, 0.4) is 0 Å². The molecule has 0 saturated heterocycles. The Labute approximate surface area is 202 Å². The summed E-state index contributed by atoms with van der Waals surface area (Å²) in [4.78, 5) is 21.6. The van der Waals surface area contributed by atoms with Gasteiger partial charge in [-0.15, -0.1) is 13.2 Å². The fourth-order valence-electron chi connectivity index (χ4n) is 3.03. The molecule has 0 bridgehead atoms. The van der Waals surface area contributed by atoms with Crippen molar-refractivity contribution < 1.29 is 17.9 Å². The number of ether oxygens (including phenoxy) is 1. The lowest BCUT2D eigenvalue weighted by Crippen LogP contribution is -2.34. The van der Waals surface area contributed by atoms with Crippen LogP contribution in [0.15, 0.2) is 70.9 Å². The van der Waals surface area contributed by atoms with E-state index in [1.165, 1.54) is 24.5 Å². The average Bonchev–Trinajstić information content (AvgIpc) is 3.42. The summed E-state index contributed by atoms with van der Waals surface area (Å²) in [7, 11) is 0. The molecule has 34 heavy (non-hydrogen) atoms. The molecule has 0 amide bonds. The summed E-state index contributed by atoms with van der Waals surface area (Å²) in [5, 5.41) is 3.07. The number of halogens is 3. The number of nitrogens with one attached hydrogen (secondary N) is 2. The Hall–Kier alpha value is -3.54. The minimum atomic E-state index is -4.66. The molecule has 0 radical (unpaired) electrons. The van der Waals surface area contributed by atoms with Crippen LogP contribution in [0.25, 0.3) is 11.0 Å². The van der Waals surface area contributed by atoms with E-state index in [-0.39, 0.29) is 25.4 Å². The Morgan fingerprint density at radius 2 is 1.97 bits per heavy atom. The Bertz CT molecular complexity index is 1150. The summed E-state index contributed by atoms with van der Waals surface area (Å²) in [6.45, 7) is 6.73. The zero-order valence-electron chi connectivity index (χ0n) is 18.8. The molecular formula is C22H26F3N7OS. The van der Waals surface area contributed by atoms with Crippen LogP contribution in [0.4, 0.5) is 13.2 Å². The van der Waals surface area contributed by atoms with Crippen LogP contribution in [0.1, 0.15) is 26.3 Å². The number of fused-ring (bicyclic) bond motifs is 2. The van der Waals surface area contributed by atoms with Gasteiger partial charge in [0.1, 0.15) is 17.3 Å². The highest BCUT2D eigenvalue weighted by Gasteiger charge is 2.31. The fourth-order valence-corrected chi connectivity index (χ4v) is 3.03. The minimum absolute atomic E-state index is 0. The molecule has 5 rings (SSSR count). The molecule has 182 valence electrons. The molecule has 3 aromatic rings. The van der Waals surface area contributed by atoms with Crippen molar-refractivity contribution in [3.05, 3.63) is 66.5 Å². The number of aliphatic imine (C=N–C) groups is 2. The highest BCUT2D eigenvalue weighted by Crippen LogP contribution is 2.25. The first-order valence-electron chi connectivity index (χ1n) is 10.3. The van der Waals surface area contributed by atoms with Gasteiger partial charge in [0.05, 0.1) is 23.7 Å². The zero-order chi connectivity index (χ0) is 23.8. The van der Waals surface area contributed by atoms with Crippen LogP contribution >= 0.6 is 13.5 Å². The number of nitrogens with zero attached hydrogens (tertiary/aromatic N) is 5. The molecule has 1 unspecified atom stereocenters. The predicted molar refractivity (Wildman–Crippen MR) is 131 cm³/mol. The molecule has 0 fully saturated rings. The molecule has 2 aromatic heterocycles. The van der Waals surface area contributed by atoms with E-state index in [1.807, 2.05) is 45.6 Å². The van der Waals surface area contributed by atoms with Gasteiger partial charge in [-0.05, 0) is 30.7 Å². The van der Waals surface area contributed by atoms with E-state index in [1.54, 1.807) is 6.20 Å². The van der Waals surface area contributed by atoms with E-state index in [0.29, 0.717) is 11.0 Å². The summed E-state index contributed by atoms with van der Waals surface area (Å²) in [6, 6.07) is 7.91. The van der Waals surface area contributed by atoms with Gasteiger partial charge >= 0.3 is 6.36 Å². The van der Waals surface area contributed by atoms with E-state index < -0.39 is 6.36 Å². The normalized spacial score (nSPS) is 15.9. The summed E-state index contributed by atoms with van der Waals surface area (Å²) in [5.74, 6) is 0.662. The van der Waals surface area contributed by atoms with E-state index in [2.05, 4.69) is 46.0 Å². The molecule has 0 aliphatic carbocycles. The predicted octanol–water partition coefficient (Wildman–Crippen LogP) is 4.72. The number of H-pyrrole nitrogens is 1. The Morgan fingerprint density at radius 3 is 2.68 bits per heavy atom. The highest BCUT2D eigenvalue weighted by atomic mass is 32.1. The molecule has 0 saturated carbocycles. The largest absolute Gasteiger partial charge is 0.573 e. The van der Waals surface area contributed by atoms with Crippen molar-refractivity contribution in [1.29, 1.82) is 0 Å². The second kappa shape index (κ2) is 12.1. The molecule has 0 spiro atoms. The first-order valence-corrected chi connectivity index (χ1v) is 10.3. The lowest BCUT2D eigenvalue weighted by Gasteiger charge is -2.24. The van der Waals surface area contributed by atoms with Gasteiger partial charge in [-0.1, -0.05) is 19.9 Å². The van der Waals surface area contributed by atoms with Gasteiger partial charge in [-0.2, -0.15) is 13.5 Å². The zero-order valence-corrected chi connectivity index (χ0v) is 19.8. The van der Waals surface area contributed by atoms with E-state index in [4.69, 9.17) is 0 Å². The molecule has 8 nitrogen and oxygen atoms in total. The molecule has 2 aliphatic rings. The van der Waals surface area contributed by atoms with E-state index in [0.717, 1.165) is 23.6 Å². The maximum Gasteiger partial charge on any atom is 0.573 e. The number of benzene rings is 1. The molecule has 2 aliphatic heterocycles. The van der Waals surface area contributed by atoms with Crippen LogP contribution in [0, 0.1) is 0 Å². The van der Waals surface area contributed by atoms with Gasteiger partial charge in [0.15, 0.2) is 6.17 Å². The number of hydrogen-bond acceptors (Lipinski definition) is 7. The number of pyridine rings is 1. The van der Waals surface area contributed by atoms with Gasteiger partial charge in [-0.25, -0.2) is 15.0 Å². The SMILES string of the molecule is CC.CC1=NC2C(=CN1)N=CN2Cc1cccnc1.FC(F)(F)Oc1ccc2nc[nH]c2c1.S. The quantitative estimate of drug-likeness (QED) is 0.551. The van der Waals surface area contributed by atoms with Crippen molar-refractivity contribution >= 4 is 36.7 Å². The third-order valence-corrected chi connectivity index (χ3v) is 4.39. The fraction of sp³-hybridized carbons (Fsp3) is 0.273. The third kappa shape index (κ3) is 7.24. The molecule has 1 aromatic carbocycles. The number of imidazole rings is 1. The van der Waals surface area contributed by atoms with Crippen LogP contribution in [-0.4, -0.2) is 44.6 Å². The second-order valence-electron chi connectivity index (χ2n) is 6.71. The van der Waals surface area contributed by atoms with Gasteiger partial charge in [0.25, 0.3) is 0 Å². The highest BCUT2D eigenvalue weighted by molar-refractivity contribution is 7.59. The summed E-state index contributed by atoms with van der Waals surface area (Å²) in [6.07, 6.45) is 4.15. The lowest BCUT2D eigenvalue weighted by atomic mass is 10.2. The van der Waals surface area contributed by atoms with Crippen molar-refractivity contribution in [2.45, 2.75) is 39.8 Å². The Kier molecular flexibility index (Phi) is 9.48. The maximum atomic E-state index is 11.8. The van der Waals surface area contributed by atoms with Crippen LogP contribution in [-0.2, 0) is 6.54 Å². The van der Waals surface area contributed by atoms with Gasteiger partial charge < -0.3 is 19.9 Å². The molecule has 12 heteroatoms. The number of hydrogen-bond donors (Lipinski definition) is 2. The van der Waals surface area contributed by atoms with Gasteiger partial charge in [0, 0.05) is 31.2 Å². The van der Waals surface area contributed by atoms with Gasteiger partial charge in [0.2, 0.25) is 0 Å². The smallest absolute Gasteiger partial charge is 0.406 e. The molecule has 2 N–H and O–H groups in total. The van der Waals surface area contributed by atoms with Crippen molar-refractivity contribution in [1.82, 2.24) is 25.2 Å². The summed E-state index contributed by atoms with van der Waals surface area (Å²) < 4.78 is 39.2. The number of alkyl halides is 3. The van der Waals surface area contributed by atoms with Crippen molar-refractivity contribution in [3.63, 3.8) is 0 Å². The van der Waals surface area contributed by atoms with Crippen LogP contribution in [0.5, 0.6) is 5.75 Å². The Balaban J connectivity index is 0.000000222. The van der Waals surface area contributed by atoms with Crippen LogP contribution in [0.2, 0.25) is 0 Å². The van der Waals surface area contributed by atoms with Crippen LogP contribution < -0.4 is 10.1 Å². The van der Waals surface area contributed by atoms with Crippen molar-refractivity contribution in [2.75, 3.05) is 0 Å². The Morgan fingerprint density at radius 1 is 1.18 bits per heavy atom. The standard InChI is InChI=1S/C12H13N5.C8H5F3N2O.C2H6.H2S/c1-9-14-6-11-12(16-9)17(8-15-11)7-10-3-2-4-13-5-10;9-8(10,11)14-5-1-2-6-7(3-5)13-4-12-6;1-2;/h2-6,8,12H,7H2,1H3,(H,14,16);1-4H,(H,12,13);1-2H3;1H2. The summed E-state index contributed by atoms with van der Waals surface area (Å²) in [5.41, 5.74) is 3.22. The topological polar surface area (TPSA) is 90.8 Å². The van der Waals surface area contributed by atoms with E-state index in [9.17, 15) is 13.2 Å². The summed E-state index contributed by atoms with van der Waals surface area (Å²) >= 11 is 0. The number of aromatic nitrogens is 3. The molecule has 4 heterocycles. The second-order valence-corrected chi connectivity index (χ2v) is 6.71. The number of rotatable bonds is 3. The first kappa shape index (κ1) is 26.7. The van der Waals surface area contributed by atoms with Crippen molar-refractivity contribution in [3.8, 4) is 5.75 Å². The third-order valence-electron chi connectivity index (χ3n) is 4.39. The lowest BCUT2D eigenvalue weighted by molar-refractivity contribution is -0.274. The minimum Gasteiger partial charge on any atom is -0.406 e. The number of aromatic amines is 1. The monoisotopic (exact) mass is 493 g/mol. The van der Waals surface area contributed by atoms with Crippen molar-refractivity contribution in [2.24, 2.45) is 9.98 Å².